The van der Waals surface area contributed by atoms with Gasteiger partial charge in [-0.3, -0.25) is 0 Å². The minimum absolute atomic E-state index is 0.00452. The van der Waals surface area contributed by atoms with Gasteiger partial charge in [-0.05, 0) is 31.2 Å². The summed E-state index contributed by atoms with van der Waals surface area (Å²) in [6.45, 7) is 0. The van der Waals surface area contributed by atoms with Gasteiger partial charge in [0.25, 0.3) is 0 Å². The van der Waals surface area contributed by atoms with Crippen LogP contribution in [0.4, 0.5) is 0 Å². The molecule has 0 heterocycles. The highest BCUT2D eigenvalue weighted by Gasteiger charge is 2.18. The van der Waals surface area contributed by atoms with Crippen molar-refractivity contribution in [1.82, 2.24) is 0 Å². The second kappa shape index (κ2) is 9.82. The third kappa shape index (κ3) is 5.31. The second-order valence-corrected chi connectivity index (χ2v) is 6.21. The highest BCUT2D eigenvalue weighted by atomic mass is 16.5. The predicted molar refractivity (Wildman–Crippen MR) is 99.8 cm³/mol. The van der Waals surface area contributed by atoms with Crippen LogP contribution in [0.1, 0.15) is 43.2 Å². The van der Waals surface area contributed by atoms with Crippen molar-refractivity contribution in [3.8, 4) is 23.0 Å². The number of phenols is 2. The van der Waals surface area contributed by atoms with Gasteiger partial charge in [-0.25, -0.2) is 0 Å². The van der Waals surface area contributed by atoms with Crippen LogP contribution in [0.2, 0.25) is 0 Å². The maximum Gasteiger partial charge on any atom is 0.164 e. The van der Waals surface area contributed by atoms with E-state index < -0.39 is 0 Å². The second-order valence-electron chi connectivity index (χ2n) is 6.21. The quantitative estimate of drug-likeness (QED) is 0.605. The van der Waals surface area contributed by atoms with Gasteiger partial charge in [0, 0.05) is 11.6 Å². The van der Waals surface area contributed by atoms with Crippen LogP contribution in [0.15, 0.2) is 36.4 Å². The average Bonchev–Trinajstić information content (AvgIpc) is 2.64. The minimum Gasteiger partial charge on any atom is -0.504 e. The number of benzene rings is 2. The first-order valence-corrected chi connectivity index (χ1v) is 8.87. The van der Waals surface area contributed by atoms with Gasteiger partial charge in [-0.1, -0.05) is 49.6 Å². The molecule has 25 heavy (non-hydrogen) atoms. The number of ether oxygens (including phenoxy) is 2. The van der Waals surface area contributed by atoms with E-state index >= 15 is 0 Å². The molecule has 0 amide bonds. The zero-order valence-corrected chi connectivity index (χ0v) is 15.1. The molecule has 4 heteroatoms. The van der Waals surface area contributed by atoms with Crippen LogP contribution < -0.4 is 9.47 Å². The Balaban J connectivity index is 1.76. The van der Waals surface area contributed by atoms with Crippen molar-refractivity contribution in [2.45, 2.75) is 44.9 Å². The van der Waals surface area contributed by atoms with Gasteiger partial charge in [0.05, 0.1) is 14.2 Å². The van der Waals surface area contributed by atoms with Crippen LogP contribution in [-0.4, -0.2) is 24.4 Å². The van der Waals surface area contributed by atoms with Gasteiger partial charge in [0.15, 0.2) is 23.0 Å². The summed E-state index contributed by atoms with van der Waals surface area (Å²) in [5, 5.41) is 20.4. The summed E-state index contributed by atoms with van der Waals surface area (Å²) >= 11 is 0. The Morgan fingerprint density at radius 3 is 1.80 bits per heavy atom. The molecule has 0 saturated heterocycles. The zero-order valence-electron chi connectivity index (χ0n) is 15.1. The first kappa shape index (κ1) is 19.0. The summed E-state index contributed by atoms with van der Waals surface area (Å²) < 4.78 is 10.3. The number of hydrogen-bond acceptors (Lipinski definition) is 4. The first-order valence-electron chi connectivity index (χ1n) is 8.87. The smallest absolute Gasteiger partial charge is 0.164 e. The maximum absolute atomic E-state index is 10.2. The number of phenolic OH excluding ortho intramolecular Hbond substituents is 2. The Morgan fingerprint density at radius 2 is 1.24 bits per heavy atom. The monoisotopic (exact) mass is 344 g/mol. The topological polar surface area (TPSA) is 58.9 Å². The van der Waals surface area contributed by atoms with E-state index in [1.165, 1.54) is 38.7 Å². The highest BCUT2D eigenvalue weighted by molar-refractivity contribution is 5.59. The normalized spacial score (nSPS) is 10.6. The minimum atomic E-state index is 0.00452. The molecule has 136 valence electrons. The Bertz CT molecular complexity index is 624. The molecule has 0 radical (unpaired) electrons. The fourth-order valence-electron chi connectivity index (χ4n) is 3.02. The molecule has 2 N–H and O–H groups in total. The Labute approximate surface area is 150 Å². The van der Waals surface area contributed by atoms with Gasteiger partial charge in [-0.2, -0.15) is 0 Å². The third-order valence-corrected chi connectivity index (χ3v) is 4.48. The van der Waals surface area contributed by atoms with Gasteiger partial charge >= 0.3 is 0 Å². The lowest BCUT2D eigenvalue weighted by Crippen LogP contribution is -1.95. The van der Waals surface area contributed by atoms with Crippen molar-refractivity contribution in [2.75, 3.05) is 14.2 Å². The van der Waals surface area contributed by atoms with Crippen LogP contribution in [0.3, 0.4) is 0 Å². The van der Waals surface area contributed by atoms with Gasteiger partial charge in [0.2, 0.25) is 0 Å². The molecule has 2 aromatic rings. The molecule has 0 bridgehead atoms. The molecule has 0 saturated carbocycles. The van der Waals surface area contributed by atoms with Crippen LogP contribution in [-0.2, 0) is 12.8 Å². The summed E-state index contributed by atoms with van der Waals surface area (Å²) in [5.41, 5.74) is 1.89. The fraction of sp³-hybridized carbons (Fsp3) is 0.429. The van der Waals surface area contributed by atoms with Crippen molar-refractivity contribution in [3.63, 3.8) is 0 Å². The Hall–Kier alpha value is -2.36. The van der Waals surface area contributed by atoms with Crippen LogP contribution >= 0.6 is 0 Å². The summed E-state index contributed by atoms with van der Waals surface area (Å²) in [6.07, 6.45) is 7.21. The molecular formula is C21H28O4. The van der Waals surface area contributed by atoms with E-state index in [1.54, 1.807) is 0 Å². The first-order chi connectivity index (χ1) is 12.2. The van der Waals surface area contributed by atoms with Gasteiger partial charge in [0.1, 0.15) is 0 Å². The third-order valence-electron chi connectivity index (χ3n) is 4.48. The largest absolute Gasteiger partial charge is 0.504 e. The Morgan fingerprint density at radius 1 is 0.720 bits per heavy atom. The van der Waals surface area contributed by atoms with Crippen LogP contribution in [0.5, 0.6) is 23.0 Å². The molecule has 0 unspecified atom stereocenters. The number of methoxy groups -OCH3 is 2. The standard InChI is InChI=1S/C21H28O4/c1-24-18-15-19(25-2)21(23)17(20(18)22)14-10-5-3-4-7-11-16-12-8-6-9-13-16/h6,8-9,12-13,15,22-23H,3-5,7,10-11,14H2,1-2H3. The molecule has 2 aromatic carbocycles. The van der Waals surface area contributed by atoms with Gasteiger partial charge < -0.3 is 19.7 Å². The molecule has 0 aliphatic rings. The molecule has 4 nitrogen and oxygen atoms in total. The summed E-state index contributed by atoms with van der Waals surface area (Å²) in [4.78, 5) is 0. The lowest BCUT2D eigenvalue weighted by Gasteiger charge is -2.14. The van der Waals surface area contributed by atoms with Crippen molar-refractivity contribution >= 4 is 0 Å². The van der Waals surface area contributed by atoms with E-state index in [9.17, 15) is 10.2 Å². The zero-order chi connectivity index (χ0) is 18.1. The molecular weight excluding hydrogens is 316 g/mol. The van der Waals surface area contributed by atoms with E-state index in [4.69, 9.17) is 9.47 Å². The van der Waals surface area contributed by atoms with Crippen molar-refractivity contribution < 1.29 is 19.7 Å². The predicted octanol–water partition coefficient (Wildman–Crippen LogP) is 4.85. The van der Waals surface area contributed by atoms with Crippen molar-refractivity contribution in [3.05, 3.63) is 47.5 Å². The van der Waals surface area contributed by atoms with Crippen LogP contribution in [0.25, 0.3) is 0 Å². The molecule has 0 fully saturated rings. The molecule has 0 aliphatic heterocycles. The van der Waals surface area contributed by atoms with E-state index in [0.717, 1.165) is 25.7 Å². The molecule has 0 aliphatic carbocycles. The Kier molecular flexibility index (Phi) is 7.45. The number of aryl methyl sites for hydroxylation is 1. The van der Waals surface area contributed by atoms with E-state index in [2.05, 4.69) is 24.3 Å². The lowest BCUT2D eigenvalue weighted by atomic mass is 10.0. The average molecular weight is 344 g/mol. The number of hydrogen-bond donors (Lipinski definition) is 2. The van der Waals surface area contributed by atoms with E-state index in [1.807, 2.05) is 6.07 Å². The van der Waals surface area contributed by atoms with Crippen molar-refractivity contribution in [1.29, 1.82) is 0 Å². The van der Waals surface area contributed by atoms with E-state index in [0.29, 0.717) is 23.5 Å². The molecule has 0 atom stereocenters. The molecule has 0 aromatic heterocycles. The maximum atomic E-state index is 10.2. The van der Waals surface area contributed by atoms with Gasteiger partial charge in [-0.15, -0.1) is 0 Å². The van der Waals surface area contributed by atoms with Crippen LogP contribution in [0, 0.1) is 0 Å². The molecule has 2 rings (SSSR count). The highest BCUT2D eigenvalue weighted by Crippen LogP contribution is 2.43. The van der Waals surface area contributed by atoms with E-state index in [-0.39, 0.29) is 11.5 Å². The number of unbranched alkanes of at least 4 members (excludes halogenated alkanes) is 4. The summed E-state index contributed by atoms with van der Waals surface area (Å²) in [6, 6.07) is 12.0. The number of rotatable bonds is 10. The fourth-order valence-corrected chi connectivity index (χ4v) is 3.02. The van der Waals surface area contributed by atoms with Crippen molar-refractivity contribution in [2.24, 2.45) is 0 Å². The lowest BCUT2D eigenvalue weighted by molar-refractivity contribution is 0.340. The number of aromatic hydroxyl groups is 2. The summed E-state index contributed by atoms with van der Waals surface area (Å²) in [7, 11) is 2.98. The SMILES string of the molecule is COc1cc(OC)c(O)c(CCCCCCCc2ccccc2)c1O. The summed E-state index contributed by atoms with van der Waals surface area (Å²) in [5.74, 6) is 0.662. The molecule has 0 spiro atoms.